The molecule has 0 unspecified atom stereocenters. The topological polar surface area (TPSA) is 91.7 Å². The number of amides is 5. The maximum atomic E-state index is 12.4. The van der Waals surface area contributed by atoms with Crippen molar-refractivity contribution in [3.05, 3.63) is 64.5 Å². The van der Waals surface area contributed by atoms with Crippen molar-refractivity contribution in [3.8, 4) is 0 Å². The van der Waals surface area contributed by atoms with Gasteiger partial charge in [-0.25, -0.2) is 4.79 Å². The van der Waals surface area contributed by atoms with Gasteiger partial charge in [0.2, 0.25) is 0 Å². The molecule has 0 spiro atoms. The van der Waals surface area contributed by atoms with Crippen LogP contribution in [0.25, 0.3) is 6.08 Å². The predicted molar refractivity (Wildman–Crippen MR) is 103 cm³/mol. The standard InChI is InChI=1S/C20H20N4O4/c1-12-10-15(11-16-18(26)22(3)20(28)23(4)19(16)27)13(2)24(12)21-17(25)14-8-6-5-7-9-14/h5-11H,1-4H3,(H,21,25). The minimum Gasteiger partial charge on any atom is -0.268 e. The summed E-state index contributed by atoms with van der Waals surface area (Å²) >= 11 is 0. The number of benzene rings is 1. The van der Waals surface area contributed by atoms with Crippen LogP contribution in [0.2, 0.25) is 0 Å². The molecule has 1 aromatic carbocycles. The van der Waals surface area contributed by atoms with Gasteiger partial charge in [0.05, 0.1) is 0 Å². The Morgan fingerprint density at radius 1 is 0.964 bits per heavy atom. The zero-order valence-corrected chi connectivity index (χ0v) is 16.0. The normalized spacial score (nSPS) is 14.6. The van der Waals surface area contributed by atoms with E-state index in [4.69, 9.17) is 0 Å². The summed E-state index contributed by atoms with van der Waals surface area (Å²) in [6.45, 7) is 3.56. The highest BCUT2D eigenvalue weighted by molar-refractivity contribution is 6.30. The van der Waals surface area contributed by atoms with E-state index in [1.807, 2.05) is 6.07 Å². The predicted octanol–water partition coefficient (Wildman–Crippen LogP) is 1.92. The number of nitrogens with one attached hydrogen (secondary N) is 1. The number of hydrogen-bond acceptors (Lipinski definition) is 4. The first kappa shape index (κ1) is 19.1. The highest BCUT2D eigenvalue weighted by Crippen LogP contribution is 2.22. The Hall–Kier alpha value is -3.68. The van der Waals surface area contributed by atoms with Gasteiger partial charge in [0.1, 0.15) is 5.57 Å². The molecule has 2 aromatic rings. The van der Waals surface area contributed by atoms with Gasteiger partial charge in [0.25, 0.3) is 17.7 Å². The van der Waals surface area contributed by atoms with Crippen molar-refractivity contribution < 1.29 is 19.2 Å². The Morgan fingerprint density at radius 3 is 2.11 bits per heavy atom. The second-order valence-electron chi connectivity index (χ2n) is 6.54. The van der Waals surface area contributed by atoms with Gasteiger partial charge in [0, 0.05) is 31.0 Å². The van der Waals surface area contributed by atoms with E-state index in [0.29, 0.717) is 16.8 Å². The Balaban J connectivity index is 1.95. The molecule has 0 bridgehead atoms. The lowest BCUT2D eigenvalue weighted by Crippen LogP contribution is -2.52. The number of aromatic nitrogens is 1. The Morgan fingerprint density at radius 2 is 1.54 bits per heavy atom. The van der Waals surface area contributed by atoms with E-state index in [1.54, 1.807) is 48.9 Å². The summed E-state index contributed by atoms with van der Waals surface area (Å²) in [7, 11) is 2.65. The molecule has 1 aromatic heterocycles. The number of imide groups is 2. The van der Waals surface area contributed by atoms with E-state index in [1.165, 1.54) is 20.2 Å². The Labute approximate surface area is 162 Å². The fraction of sp³-hybridized carbons (Fsp3) is 0.200. The maximum absolute atomic E-state index is 12.4. The molecule has 8 heteroatoms. The van der Waals surface area contributed by atoms with Crippen molar-refractivity contribution in [1.82, 2.24) is 14.5 Å². The summed E-state index contributed by atoms with van der Waals surface area (Å²) in [4.78, 5) is 50.8. The summed E-state index contributed by atoms with van der Waals surface area (Å²) in [6, 6.07) is 9.86. The van der Waals surface area contributed by atoms with Gasteiger partial charge in [-0.3, -0.25) is 34.3 Å². The smallest absolute Gasteiger partial charge is 0.268 e. The van der Waals surface area contributed by atoms with Crippen molar-refractivity contribution >= 4 is 29.8 Å². The number of aryl methyl sites for hydroxylation is 1. The molecule has 0 atom stereocenters. The lowest BCUT2D eigenvalue weighted by molar-refractivity contribution is -0.134. The molecule has 1 aliphatic rings. The van der Waals surface area contributed by atoms with Gasteiger partial charge < -0.3 is 0 Å². The zero-order chi connectivity index (χ0) is 20.6. The Kier molecular flexibility index (Phi) is 4.87. The first-order valence-corrected chi connectivity index (χ1v) is 8.59. The number of barbiturate groups is 1. The van der Waals surface area contributed by atoms with Crippen molar-refractivity contribution in [1.29, 1.82) is 0 Å². The molecule has 0 aliphatic carbocycles. The third kappa shape index (κ3) is 3.20. The third-order valence-corrected chi connectivity index (χ3v) is 4.66. The molecule has 144 valence electrons. The summed E-state index contributed by atoms with van der Waals surface area (Å²) in [5.41, 5.74) is 5.17. The fourth-order valence-electron chi connectivity index (χ4n) is 2.99. The first-order valence-electron chi connectivity index (χ1n) is 8.59. The van der Waals surface area contributed by atoms with E-state index >= 15 is 0 Å². The number of carbonyl (C=O) groups is 4. The quantitative estimate of drug-likeness (QED) is 0.651. The van der Waals surface area contributed by atoms with E-state index in [2.05, 4.69) is 5.43 Å². The molecule has 5 amide bonds. The summed E-state index contributed by atoms with van der Waals surface area (Å²) in [5.74, 6) is -1.60. The van der Waals surface area contributed by atoms with Crippen LogP contribution in [0.1, 0.15) is 27.3 Å². The lowest BCUT2D eigenvalue weighted by atomic mass is 10.1. The van der Waals surface area contributed by atoms with Crippen molar-refractivity contribution in [3.63, 3.8) is 0 Å². The van der Waals surface area contributed by atoms with Gasteiger partial charge in [0.15, 0.2) is 0 Å². The summed E-state index contributed by atoms with van der Waals surface area (Å²) in [5, 5.41) is 0. The number of hydrogen-bond donors (Lipinski definition) is 1. The molecule has 1 N–H and O–H groups in total. The van der Waals surface area contributed by atoms with Crippen LogP contribution in [0, 0.1) is 13.8 Å². The molecule has 0 radical (unpaired) electrons. The minimum atomic E-state index is -0.673. The van der Waals surface area contributed by atoms with Crippen LogP contribution < -0.4 is 5.43 Å². The van der Waals surface area contributed by atoms with Crippen molar-refractivity contribution in [2.45, 2.75) is 13.8 Å². The summed E-state index contributed by atoms with van der Waals surface area (Å²) in [6.07, 6.45) is 1.44. The highest BCUT2D eigenvalue weighted by atomic mass is 16.2. The Bertz CT molecular complexity index is 994. The van der Waals surface area contributed by atoms with Crippen LogP contribution in [0.15, 0.2) is 42.0 Å². The molecule has 2 heterocycles. The average molecular weight is 380 g/mol. The van der Waals surface area contributed by atoms with Gasteiger partial charge in [-0.05, 0) is 43.7 Å². The number of rotatable bonds is 3. The second kappa shape index (κ2) is 7.15. The maximum Gasteiger partial charge on any atom is 0.333 e. The molecule has 0 saturated carbocycles. The lowest BCUT2D eigenvalue weighted by Gasteiger charge is -2.28. The SMILES string of the molecule is Cc1cc(C=C2C(=O)N(C)C(=O)N(C)C2=O)c(C)n1NC(=O)c1ccccc1. The number of carbonyl (C=O) groups excluding carboxylic acids is 4. The van der Waals surface area contributed by atoms with E-state index < -0.39 is 17.8 Å². The highest BCUT2D eigenvalue weighted by Gasteiger charge is 2.38. The molecule has 1 fully saturated rings. The van der Waals surface area contributed by atoms with Crippen LogP contribution >= 0.6 is 0 Å². The van der Waals surface area contributed by atoms with E-state index in [9.17, 15) is 19.2 Å². The molecule has 8 nitrogen and oxygen atoms in total. The zero-order valence-electron chi connectivity index (χ0n) is 16.0. The molecule has 1 saturated heterocycles. The van der Waals surface area contributed by atoms with Crippen LogP contribution in [-0.4, -0.2) is 52.3 Å². The number of nitrogens with zero attached hydrogens (tertiary/aromatic N) is 3. The molecular formula is C20H20N4O4. The first-order chi connectivity index (χ1) is 13.2. The van der Waals surface area contributed by atoms with Crippen LogP contribution in [0.3, 0.4) is 0 Å². The van der Waals surface area contributed by atoms with Crippen molar-refractivity contribution in [2.75, 3.05) is 19.5 Å². The van der Waals surface area contributed by atoms with Gasteiger partial charge in [-0.15, -0.1) is 0 Å². The molecule has 3 rings (SSSR count). The van der Waals surface area contributed by atoms with Gasteiger partial charge >= 0.3 is 6.03 Å². The van der Waals surface area contributed by atoms with Crippen molar-refractivity contribution in [2.24, 2.45) is 0 Å². The van der Waals surface area contributed by atoms with Gasteiger partial charge in [-0.2, -0.15) is 0 Å². The minimum absolute atomic E-state index is 0.112. The van der Waals surface area contributed by atoms with Crippen LogP contribution in [0.4, 0.5) is 4.79 Å². The van der Waals surface area contributed by atoms with Crippen LogP contribution in [0.5, 0.6) is 0 Å². The molecular weight excluding hydrogens is 360 g/mol. The largest absolute Gasteiger partial charge is 0.333 e. The monoisotopic (exact) mass is 380 g/mol. The molecule has 1 aliphatic heterocycles. The van der Waals surface area contributed by atoms with Gasteiger partial charge in [-0.1, -0.05) is 18.2 Å². The average Bonchev–Trinajstić information content (AvgIpc) is 2.96. The van der Waals surface area contributed by atoms with E-state index in [-0.39, 0.29) is 11.5 Å². The summed E-state index contributed by atoms with van der Waals surface area (Å²) < 4.78 is 1.60. The third-order valence-electron chi connectivity index (χ3n) is 4.66. The molecule has 28 heavy (non-hydrogen) atoms. The van der Waals surface area contributed by atoms with E-state index in [0.717, 1.165) is 15.5 Å². The fourth-order valence-corrected chi connectivity index (χ4v) is 2.99. The number of likely N-dealkylation sites (N-methyl/N-ethyl adjacent to an activating group) is 2. The number of urea groups is 1. The van der Waals surface area contributed by atoms with Crippen LogP contribution in [-0.2, 0) is 9.59 Å². The second-order valence-corrected chi connectivity index (χ2v) is 6.54.